The molecule has 2 fully saturated rings. The number of sulfone groups is 1. The van der Waals surface area contributed by atoms with Gasteiger partial charge in [-0.1, -0.05) is 18.2 Å². The van der Waals surface area contributed by atoms with E-state index in [1.807, 2.05) is 0 Å². The number of ether oxygens (including phenoxy) is 5. The Morgan fingerprint density at radius 3 is 2.68 bits per heavy atom. The van der Waals surface area contributed by atoms with Crippen LogP contribution >= 0.6 is 0 Å². The number of nitrogens with one attached hydrogen (secondary N) is 1. The van der Waals surface area contributed by atoms with E-state index in [-0.39, 0.29) is 24.5 Å². The fraction of sp³-hybridized carbons (Fsp3) is 0.542. The maximum atomic E-state index is 12.4. The minimum atomic E-state index is -3.61. The topological polar surface area (TPSA) is 152 Å². The van der Waals surface area contributed by atoms with Gasteiger partial charge in [-0.3, -0.25) is 14.3 Å². The summed E-state index contributed by atoms with van der Waals surface area (Å²) in [5.74, 6) is -0.395. The molecule has 1 aromatic carbocycles. The highest BCUT2D eigenvalue weighted by atomic mass is 32.2. The molecule has 0 radical (unpaired) electrons. The van der Waals surface area contributed by atoms with Crippen molar-refractivity contribution >= 4 is 16.0 Å². The maximum Gasteiger partial charge on any atom is 0.508 e. The highest BCUT2D eigenvalue weighted by Gasteiger charge is 2.40. The number of benzene rings is 1. The molecule has 1 unspecified atom stereocenters. The third-order valence-corrected chi connectivity index (χ3v) is 7.84. The van der Waals surface area contributed by atoms with Crippen molar-refractivity contribution in [1.82, 2.24) is 9.55 Å². The van der Waals surface area contributed by atoms with E-state index in [9.17, 15) is 22.8 Å². The number of rotatable bonds is 9. The van der Waals surface area contributed by atoms with Crippen LogP contribution in [0.3, 0.4) is 0 Å². The SMILES string of the molecule is Cc1cn([C@H]2C[C@H](OC3CCCCO3)[C@@H](COC(=O)OCCS(=O)(=O)c3ccccc3)O2)c(=O)[nH]c1=O. The number of H-pyrrole nitrogens is 1. The van der Waals surface area contributed by atoms with E-state index in [0.29, 0.717) is 18.6 Å². The molecule has 0 aliphatic carbocycles. The molecule has 4 atom stereocenters. The van der Waals surface area contributed by atoms with Crippen LogP contribution in [-0.4, -0.2) is 68.2 Å². The van der Waals surface area contributed by atoms with Gasteiger partial charge in [0.15, 0.2) is 16.1 Å². The zero-order valence-electron chi connectivity index (χ0n) is 20.4. The van der Waals surface area contributed by atoms with Crippen LogP contribution in [0.2, 0.25) is 0 Å². The first-order valence-corrected chi connectivity index (χ1v) is 13.7. The van der Waals surface area contributed by atoms with E-state index in [0.717, 1.165) is 12.8 Å². The van der Waals surface area contributed by atoms with E-state index >= 15 is 0 Å². The summed E-state index contributed by atoms with van der Waals surface area (Å²) < 4.78 is 53.7. The highest BCUT2D eigenvalue weighted by molar-refractivity contribution is 7.91. The van der Waals surface area contributed by atoms with Crippen LogP contribution in [0, 0.1) is 6.92 Å². The van der Waals surface area contributed by atoms with Crippen molar-refractivity contribution in [3.8, 4) is 0 Å². The van der Waals surface area contributed by atoms with E-state index in [1.54, 1.807) is 25.1 Å². The van der Waals surface area contributed by atoms with Crippen molar-refractivity contribution in [1.29, 1.82) is 0 Å². The van der Waals surface area contributed by atoms with Crippen LogP contribution in [0.5, 0.6) is 0 Å². The zero-order chi connectivity index (χ0) is 26.4. The third-order valence-electron chi connectivity index (χ3n) is 6.14. The fourth-order valence-corrected chi connectivity index (χ4v) is 5.26. The van der Waals surface area contributed by atoms with Crippen molar-refractivity contribution in [2.24, 2.45) is 0 Å². The lowest BCUT2D eigenvalue weighted by molar-refractivity contribution is -0.199. The summed E-state index contributed by atoms with van der Waals surface area (Å²) in [4.78, 5) is 38.6. The molecule has 3 heterocycles. The predicted molar refractivity (Wildman–Crippen MR) is 129 cm³/mol. The van der Waals surface area contributed by atoms with Crippen LogP contribution in [0.4, 0.5) is 4.79 Å². The standard InChI is InChI=1S/C24H30N2O10S/c1-16-14-26(23(28)25-22(16)27)20-13-18(36-21-9-5-6-10-32-21)19(35-20)15-34-24(29)33-11-12-37(30,31)17-7-3-2-4-8-17/h2-4,7-8,14,18-21H,5-6,9-13,15H2,1H3,(H,25,27,28)/t18-,19+,20+,21?/m0/s1. The number of hydrogen-bond acceptors (Lipinski definition) is 10. The Morgan fingerprint density at radius 2 is 1.95 bits per heavy atom. The summed E-state index contributed by atoms with van der Waals surface area (Å²) in [6.45, 7) is 1.50. The molecular weight excluding hydrogens is 508 g/mol. The molecule has 202 valence electrons. The molecule has 4 rings (SSSR count). The summed E-state index contributed by atoms with van der Waals surface area (Å²) in [6, 6.07) is 7.85. The first kappa shape index (κ1) is 27.0. The fourth-order valence-electron chi connectivity index (χ4n) is 4.15. The number of carbonyl (C=O) groups excluding carboxylic acids is 1. The Bertz CT molecular complexity index is 1280. The second kappa shape index (κ2) is 12.0. The van der Waals surface area contributed by atoms with Gasteiger partial charge in [-0.05, 0) is 38.3 Å². The van der Waals surface area contributed by atoms with Crippen molar-refractivity contribution in [2.45, 2.75) is 62.2 Å². The molecular formula is C24H30N2O10S. The monoisotopic (exact) mass is 538 g/mol. The molecule has 0 saturated carbocycles. The molecule has 2 saturated heterocycles. The number of aromatic amines is 1. The van der Waals surface area contributed by atoms with Crippen LogP contribution in [-0.2, 0) is 33.5 Å². The van der Waals surface area contributed by atoms with E-state index in [2.05, 4.69) is 4.98 Å². The molecule has 2 aliphatic heterocycles. The Balaban J connectivity index is 1.35. The van der Waals surface area contributed by atoms with Gasteiger partial charge in [0.1, 0.15) is 25.5 Å². The van der Waals surface area contributed by atoms with Gasteiger partial charge < -0.3 is 23.7 Å². The van der Waals surface area contributed by atoms with Gasteiger partial charge in [-0.2, -0.15) is 0 Å². The number of aromatic nitrogens is 2. The van der Waals surface area contributed by atoms with Gasteiger partial charge in [0.25, 0.3) is 5.56 Å². The molecule has 0 bridgehead atoms. The van der Waals surface area contributed by atoms with Crippen molar-refractivity contribution in [3.05, 3.63) is 62.9 Å². The minimum absolute atomic E-state index is 0.134. The minimum Gasteiger partial charge on any atom is -0.433 e. The van der Waals surface area contributed by atoms with Gasteiger partial charge in [0, 0.05) is 24.8 Å². The first-order valence-electron chi connectivity index (χ1n) is 12.0. The molecule has 0 amide bonds. The molecule has 1 aromatic heterocycles. The summed E-state index contributed by atoms with van der Waals surface area (Å²) in [6.07, 6.45) is 0.644. The predicted octanol–water partition coefficient (Wildman–Crippen LogP) is 1.67. The first-order chi connectivity index (χ1) is 17.7. The summed E-state index contributed by atoms with van der Waals surface area (Å²) in [5.41, 5.74) is -0.779. The number of aryl methyl sites for hydroxylation is 1. The quantitative estimate of drug-likeness (QED) is 0.467. The highest BCUT2D eigenvalue weighted by Crippen LogP contribution is 2.32. The molecule has 2 aliphatic rings. The Morgan fingerprint density at radius 1 is 1.16 bits per heavy atom. The Labute approximate surface area is 213 Å². The summed E-state index contributed by atoms with van der Waals surface area (Å²) in [7, 11) is -3.61. The molecule has 12 nitrogen and oxygen atoms in total. The normalized spacial score (nSPS) is 24.0. The zero-order valence-corrected chi connectivity index (χ0v) is 21.2. The number of carbonyl (C=O) groups is 1. The molecule has 1 N–H and O–H groups in total. The number of nitrogens with zero attached hydrogens (tertiary/aromatic N) is 1. The molecule has 0 spiro atoms. The lowest BCUT2D eigenvalue weighted by Gasteiger charge is -2.27. The Kier molecular flexibility index (Phi) is 8.79. The average Bonchev–Trinajstić information content (AvgIpc) is 3.28. The second-order valence-corrected chi connectivity index (χ2v) is 11.0. The van der Waals surface area contributed by atoms with E-state index < -0.39 is 57.7 Å². The van der Waals surface area contributed by atoms with E-state index in [1.165, 1.54) is 22.9 Å². The summed E-state index contributed by atoms with van der Waals surface area (Å²) >= 11 is 0. The summed E-state index contributed by atoms with van der Waals surface area (Å²) in [5, 5.41) is 0. The number of hydrogen-bond donors (Lipinski definition) is 1. The third kappa shape index (κ3) is 7.06. The lowest BCUT2D eigenvalue weighted by atomic mass is 10.1. The van der Waals surface area contributed by atoms with Crippen LogP contribution in [0.25, 0.3) is 0 Å². The van der Waals surface area contributed by atoms with Crippen molar-refractivity contribution < 1.29 is 36.9 Å². The smallest absolute Gasteiger partial charge is 0.433 e. The lowest BCUT2D eigenvalue weighted by Crippen LogP contribution is -2.35. The van der Waals surface area contributed by atoms with Gasteiger partial charge in [-0.15, -0.1) is 0 Å². The van der Waals surface area contributed by atoms with Crippen LogP contribution in [0.1, 0.15) is 37.5 Å². The van der Waals surface area contributed by atoms with Crippen molar-refractivity contribution in [2.75, 3.05) is 25.6 Å². The van der Waals surface area contributed by atoms with Gasteiger partial charge in [0.05, 0.1) is 16.8 Å². The van der Waals surface area contributed by atoms with Gasteiger partial charge in [0.2, 0.25) is 0 Å². The van der Waals surface area contributed by atoms with Crippen molar-refractivity contribution in [3.63, 3.8) is 0 Å². The van der Waals surface area contributed by atoms with Crippen LogP contribution < -0.4 is 11.2 Å². The molecule has 2 aromatic rings. The largest absolute Gasteiger partial charge is 0.508 e. The molecule has 37 heavy (non-hydrogen) atoms. The van der Waals surface area contributed by atoms with E-state index in [4.69, 9.17) is 23.7 Å². The van der Waals surface area contributed by atoms with Gasteiger partial charge in [-0.25, -0.2) is 18.0 Å². The average molecular weight is 539 g/mol. The second-order valence-electron chi connectivity index (χ2n) is 8.86. The van der Waals surface area contributed by atoms with Gasteiger partial charge >= 0.3 is 11.8 Å². The maximum absolute atomic E-state index is 12.4. The Hall–Kier alpha value is -3.00. The molecule has 13 heteroatoms. The van der Waals surface area contributed by atoms with Crippen LogP contribution in [0.15, 0.2) is 51.0 Å².